The summed E-state index contributed by atoms with van der Waals surface area (Å²) in [6.07, 6.45) is 1.44. The van der Waals surface area contributed by atoms with Crippen molar-refractivity contribution >= 4 is 22.2 Å². The predicted octanol–water partition coefficient (Wildman–Crippen LogP) is 5.94. The van der Waals surface area contributed by atoms with Gasteiger partial charge in [0.2, 0.25) is 0 Å². The summed E-state index contributed by atoms with van der Waals surface area (Å²) in [5.74, 6) is 1.80. The molecule has 2 aromatic carbocycles. The summed E-state index contributed by atoms with van der Waals surface area (Å²) in [5.41, 5.74) is 4.14. The Hall–Kier alpha value is -2.81. The average molecular weight is 357 g/mol. The standard InChI is InChI=1S/C24H23NO2/c1-14-8-11-20(27-14)23-21-16-7-5-4-6-15(16)9-10-17(21)25-18-12-24(2,3)13-19(26)22(18)23/h4-11,23,25H,12-13H2,1-3H3/t23-/m0/s1. The van der Waals surface area contributed by atoms with Crippen LogP contribution in [0, 0.1) is 12.3 Å². The van der Waals surface area contributed by atoms with Crippen LogP contribution >= 0.6 is 0 Å². The molecule has 1 aliphatic carbocycles. The highest BCUT2D eigenvalue weighted by atomic mass is 16.3. The molecule has 0 saturated heterocycles. The van der Waals surface area contributed by atoms with Gasteiger partial charge in [-0.1, -0.05) is 44.2 Å². The van der Waals surface area contributed by atoms with Gasteiger partial charge in [-0.05, 0) is 53.3 Å². The third-order valence-electron chi connectivity index (χ3n) is 5.80. The molecule has 1 aliphatic heterocycles. The molecule has 1 aromatic heterocycles. The number of fused-ring (bicyclic) bond motifs is 3. The number of carbonyl (C=O) groups excluding carboxylic acids is 1. The first-order valence-electron chi connectivity index (χ1n) is 9.54. The van der Waals surface area contributed by atoms with Gasteiger partial charge < -0.3 is 9.73 Å². The van der Waals surface area contributed by atoms with Gasteiger partial charge in [-0.3, -0.25) is 4.79 Å². The molecule has 0 spiro atoms. The Morgan fingerprint density at radius 3 is 2.63 bits per heavy atom. The van der Waals surface area contributed by atoms with Crippen LogP contribution < -0.4 is 5.32 Å². The SMILES string of the molecule is Cc1ccc([C@@H]2C3=C(CC(C)(C)CC3=O)Nc3ccc4ccccc4c32)o1. The fourth-order valence-electron chi connectivity index (χ4n) is 4.70. The number of nitrogens with one attached hydrogen (secondary N) is 1. The summed E-state index contributed by atoms with van der Waals surface area (Å²) in [6.45, 7) is 6.28. The van der Waals surface area contributed by atoms with E-state index >= 15 is 0 Å². The molecule has 2 heterocycles. The van der Waals surface area contributed by atoms with Gasteiger partial charge in [0.25, 0.3) is 0 Å². The minimum atomic E-state index is -0.153. The molecular formula is C24H23NO2. The van der Waals surface area contributed by atoms with Crippen LogP contribution in [0.3, 0.4) is 0 Å². The lowest BCUT2D eigenvalue weighted by Crippen LogP contribution is -2.33. The lowest BCUT2D eigenvalue weighted by molar-refractivity contribution is -0.118. The Kier molecular flexibility index (Phi) is 3.39. The zero-order chi connectivity index (χ0) is 18.8. The number of anilines is 1. The quantitative estimate of drug-likeness (QED) is 0.586. The molecule has 0 fully saturated rings. The maximum atomic E-state index is 13.2. The Morgan fingerprint density at radius 1 is 1.04 bits per heavy atom. The van der Waals surface area contributed by atoms with Crippen LogP contribution in [0.1, 0.15) is 49.7 Å². The molecular weight excluding hydrogens is 334 g/mol. The summed E-state index contributed by atoms with van der Waals surface area (Å²) in [5, 5.41) is 5.95. The first-order valence-corrected chi connectivity index (χ1v) is 9.54. The number of allylic oxidation sites excluding steroid dienone is 2. The Morgan fingerprint density at radius 2 is 1.85 bits per heavy atom. The molecule has 27 heavy (non-hydrogen) atoms. The fraction of sp³-hybridized carbons (Fsp3) is 0.292. The van der Waals surface area contributed by atoms with Gasteiger partial charge >= 0.3 is 0 Å². The van der Waals surface area contributed by atoms with Crippen molar-refractivity contribution < 1.29 is 9.21 Å². The van der Waals surface area contributed by atoms with Crippen LogP contribution in [0.2, 0.25) is 0 Å². The van der Waals surface area contributed by atoms with Crippen molar-refractivity contribution in [3.63, 3.8) is 0 Å². The Bertz CT molecular complexity index is 1120. The maximum absolute atomic E-state index is 13.2. The van der Waals surface area contributed by atoms with E-state index in [0.717, 1.165) is 40.5 Å². The lowest BCUT2D eigenvalue weighted by Gasteiger charge is -2.39. The molecule has 0 amide bonds. The minimum Gasteiger partial charge on any atom is -0.465 e. The van der Waals surface area contributed by atoms with Crippen LogP contribution in [0.15, 0.2) is 64.2 Å². The van der Waals surface area contributed by atoms with Crippen molar-refractivity contribution in [2.45, 2.75) is 39.5 Å². The van der Waals surface area contributed by atoms with E-state index in [1.54, 1.807) is 0 Å². The smallest absolute Gasteiger partial charge is 0.162 e. The maximum Gasteiger partial charge on any atom is 0.162 e. The number of furan rings is 1. The predicted molar refractivity (Wildman–Crippen MR) is 108 cm³/mol. The first-order chi connectivity index (χ1) is 12.9. The highest BCUT2D eigenvalue weighted by Gasteiger charge is 2.42. The van der Waals surface area contributed by atoms with E-state index in [-0.39, 0.29) is 17.1 Å². The number of hydrogen-bond donors (Lipinski definition) is 1. The summed E-state index contributed by atoms with van der Waals surface area (Å²) in [7, 11) is 0. The molecule has 1 N–H and O–H groups in total. The van der Waals surface area contributed by atoms with Gasteiger partial charge in [0.1, 0.15) is 11.5 Å². The van der Waals surface area contributed by atoms with Crippen LogP contribution in [0.4, 0.5) is 5.69 Å². The second-order valence-corrected chi connectivity index (χ2v) is 8.59. The third-order valence-corrected chi connectivity index (χ3v) is 5.80. The van der Waals surface area contributed by atoms with Crippen molar-refractivity contribution in [2.75, 3.05) is 5.32 Å². The highest BCUT2D eigenvalue weighted by molar-refractivity contribution is 6.04. The van der Waals surface area contributed by atoms with Crippen LogP contribution in [0.25, 0.3) is 10.8 Å². The second kappa shape index (κ2) is 5.59. The molecule has 5 rings (SSSR count). The Balaban J connectivity index is 1.82. The van der Waals surface area contributed by atoms with Crippen molar-refractivity contribution in [1.82, 2.24) is 0 Å². The number of hydrogen-bond acceptors (Lipinski definition) is 3. The van der Waals surface area contributed by atoms with E-state index in [9.17, 15) is 4.79 Å². The molecule has 0 unspecified atom stereocenters. The molecule has 1 atom stereocenters. The van der Waals surface area contributed by atoms with E-state index in [1.807, 2.05) is 19.1 Å². The average Bonchev–Trinajstić information content (AvgIpc) is 3.04. The van der Waals surface area contributed by atoms with E-state index < -0.39 is 0 Å². The van der Waals surface area contributed by atoms with Crippen molar-refractivity contribution in [1.29, 1.82) is 0 Å². The zero-order valence-corrected chi connectivity index (χ0v) is 15.9. The molecule has 0 radical (unpaired) electrons. The van der Waals surface area contributed by atoms with Gasteiger partial charge in [0.15, 0.2) is 5.78 Å². The van der Waals surface area contributed by atoms with Gasteiger partial charge in [-0.2, -0.15) is 0 Å². The minimum absolute atomic E-state index is 0.0269. The third kappa shape index (κ3) is 2.53. The van der Waals surface area contributed by atoms with Crippen LogP contribution in [-0.4, -0.2) is 5.78 Å². The summed E-state index contributed by atoms with van der Waals surface area (Å²) in [4.78, 5) is 13.2. The fourth-order valence-corrected chi connectivity index (χ4v) is 4.70. The molecule has 3 nitrogen and oxygen atoms in total. The first kappa shape index (κ1) is 16.4. The summed E-state index contributed by atoms with van der Waals surface area (Å²) < 4.78 is 6.06. The summed E-state index contributed by atoms with van der Waals surface area (Å²) in [6, 6.07) is 16.7. The van der Waals surface area contributed by atoms with Crippen molar-refractivity contribution in [2.24, 2.45) is 5.41 Å². The van der Waals surface area contributed by atoms with E-state index in [0.29, 0.717) is 6.42 Å². The molecule has 0 saturated carbocycles. The molecule has 136 valence electrons. The van der Waals surface area contributed by atoms with Crippen molar-refractivity contribution in [3.8, 4) is 0 Å². The lowest BCUT2D eigenvalue weighted by atomic mass is 9.69. The van der Waals surface area contributed by atoms with E-state index in [1.165, 1.54) is 10.8 Å². The monoisotopic (exact) mass is 357 g/mol. The van der Waals surface area contributed by atoms with Crippen LogP contribution in [0.5, 0.6) is 0 Å². The zero-order valence-electron chi connectivity index (χ0n) is 15.9. The largest absolute Gasteiger partial charge is 0.465 e. The number of benzene rings is 2. The van der Waals surface area contributed by atoms with Gasteiger partial charge in [-0.15, -0.1) is 0 Å². The van der Waals surface area contributed by atoms with Crippen molar-refractivity contribution in [3.05, 3.63) is 76.9 Å². The Labute approximate surface area is 159 Å². The molecule has 0 bridgehead atoms. The topological polar surface area (TPSA) is 42.2 Å². The van der Waals surface area contributed by atoms with Gasteiger partial charge in [0, 0.05) is 23.4 Å². The molecule has 3 aromatic rings. The number of aryl methyl sites for hydroxylation is 1. The number of Topliss-reactive ketones (excluding diaryl/α,β-unsaturated/α-hetero) is 1. The number of carbonyl (C=O) groups is 1. The highest BCUT2D eigenvalue weighted by Crippen LogP contribution is 2.50. The van der Waals surface area contributed by atoms with E-state index in [4.69, 9.17) is 4.42 Å². The van der Waals surface area contributed by atoms with E-state index in [2.05, 4.69) is 55.6 Å². The second-order valence-electron chi connectivity index (χ2n) is 8.59. The normalized spacial score (nSPS) is 21.0. The van der Waals surface area contributed by atoms with Gasteiger partial charge in [0.05, 0.1) is 5.92 Å². The molecule has 2 aliphatic rings. The molecule has 3 heteroatoms. The number of ketones is 1. The van der Waals surface area contributed by atoms with Crippen LogP contribution in [-0.2, 0) is 4.79 Å². The number of rotatable bonds is 1. The summed E-state index contributed by atoms with van der Waals surface area (Å²) >= 11 is 0. The van der Waals surface area contributed by atoms with Gasteiger partial charge in [-0.25, -0.2) is 0 Å².